The van der Waals surface area contributed by atoms with Gasteiger partial charge in [0, 0.05) is 26.2 Å². The Morgan fingerprint density at radius 3 is 2.63 bits per heavy atom. The van der Waals surface area contributed by atoms with Crippen molar-refractivity contribution in [1.29, 1.82) is 0 Å². The molecule has 0 radical (unpaired) electrons. The van der Waals surface area contributed by atoms with Crippen LogP contribution in [0.4, 0.5) is 0 Å². The van der Waals surface area contributed by atoms with E-state index in [4.69, 9.17) is 10.5 Å². The lowest BCUT2D eigenvalue weighted by molar-refractivity contribution is 0.0247. The highest BCUT2D eigenvalue weighted by molar-refractivity contribution is 7.87. The molecule has 112 valence electrons. The van der Waals surface area contributed by atoms with Gasteiger partial charge in [0.2, 0.25) is 0 Å². The molecule has 2 aliphatic heterocycles. The Hall–Kier alpha value is -0.210. The van der Waals surface area contributed by atoms with Crippen LogP contribution in [0.15, 0.2) is 0 Å². The number of rotatable bonds is 5. The fraction of sp³-hybridized carbons (Fsp3) is 1.00. The molecule has 2 fully saturated rings. The molecule has 6 nitrogen and oxygen atoms in total. The molecule has 2 rings (SSSR count). The summed E-state index contributed by atoms with van der Waals surface area (Å²) in [7, 11) is -3.38. The number of ether oxygens (including phenoxy) is 1. The Bertz CT molecular complexity index is 385. The van der Waals surface area contributed by atoms with Gasteiger partial charge in [-0.05, 0) is 45.1 Å². The molecule has 0 amide bonds. The Morgan fingerprint density at radius 1 is 1.42 bits per heavy atom. The summed E-state index contributed by atoms with van der Waals surface area (Å²) in [5.41, 5.74) is 5.27. The minimum atomic E-state index is -3.38. The minimum absolute atomic E-state index is 0.345. The molecule has 1 unspecified atom stereocenters. The van der Waals surface area contributed by atoms with Crippen LogP contribution in [-0.2, 0) is 14.9 Å². The van der Waals surface area contributed by atoms with Crippen molar-refractivity contribution in [3.8, 4) is 0 Å². The summed E-state index contributed by atoms with van der Waals surface area (Å²) in [6.45, 7) is 4.81. The summed E-state index contributed by atoms with van der Waals surface area (Å²) in [5, 5.41) is 0. The third-order valence-electron chi connectivity index (χ3n) is 4.18. The predicted octanol–water partition coefficient (Wildman–Crippen LogP) is 0.0606. The zero-order chi connectivity index (χ0) is 13.9. The van der Waals surface area contributed by atoms with E-state index in [2.05, 4.69) is 4.72 Å². The molecule has 0 aromatic heterocycles. The van der Waals surface area contributed by atoms with E-state index in [1.54, 1.807) is 0 Å². The van der Waals surface area contributed by atoms with Crippen LogP contribution in [0.5, 0.6) is 0 Å². The fourth-order valence-electron chi connectivity index (χ4n) is 2.70. The number of nitrogens with zero attached hydrogens (tertiary/aromatic N) is 1. The van der Waals surface area contributed by atoms with Crippen molar-refractivity contribution >= 4 is 10.2 Å². The predicted molar refractivity (Wildman–Crippen MR) is 73.9 cm³/mol. The molecule has 19 heavy (non-hydrogen) atoms. The van der Waals surface area contributed by atoms with Crippen molar-refractivity contribution in [3.63, 3.8) is 0 Å². The second kappa shape index (κ2) is 6.05. The van der Waals surface area contributed by atoms with E-state index in [-0.39, 0.29) is 5.60 Å². The van der Waals surface area contributed by atoms with E-state index >= 15 is 0 Å². The first-order valence-electron chi connectivity index (χ1n) is 7.04. The second-order valence-electron chi connectivity index (χ2n) is 5.81. The Kier molecular flexibility index (Phi) is 4.84. The third kappa shape index (κ3) is 3.88. The van der Waals surface area contributed by atoms with Crippen molar-refractivity contribution in [3.05, 3.63) is 0 Å². The van der Waals surface area contributed by atoms with Gasteiger partial charge in [0.25, 0.3) is 10.2 Å². The summed E-state index contributed by atoms with van der Waals surface area (Å²) in [6, 6.07) is 0. The maximum absolute atomic E-state index is 12.2. The van der Waals surface area contributed by atoms with Crippen LogP contribution in [0.25, 0.3) is 0 Å². The SMILES string of the molecule is CC1(CNS(=O)(=O)N2CCC(CN)CC2)CCCO1. The van der Waals surface area contributed by atoms with Crippen LogP contribution in [0.2, 0.25) is 0 Å². The molecule has 2 aliphatic rings. The lowest BCUT2D eigenvalue weighted by Gasteiger charge is -2.32. The fourth-order valence-corrected chi connectivity index (χ4v) is 4.06. The van der Waals surface area contributed by atoms with Crippen molar-refractivity contribution in [2.24, 2.45) is 11.7 Å². The largest absolute Gasteiger partial charge is 0.374 e. The van der Waals surface area contributed by atoms with Crippen LogP contribution < -0.4 is 10.5 Å². The number of nitrogens with one attached hydrogen (secondary N) is 1. The summed E-state index contributed by atoms with van der Waals surface area (Å²) in [5.74, 6) is 0.460. The number of nitrogens with two attached hydrogens (primary N) is 1. The molecule has 0 spiro atoms. The minimum Gasteiger partial charge on any atom is -0.374 e. The Labute approximate surface area is 115 Å². The number of hydrogen-bond donors (Lipinski definition) is 2. The van der Waals surface area contributed by atoms with Gasteiger partial charge in [-0.1, -0.05) is 0 Å². The van der Waals surface area contributed by atoms with Crippen LogP contribution in [-0.4, -0.2) is 51.1 Å². The van der Waals surface area contributed by atoms with Crippen LogP contribution in [0, 0.1) is 5.92 Å². The highest BCUT2D eigenvalue weighted by Crippen LogP contribution is 2.24. The molecule has 0 bridgehead atoms. The van der Waals surface area contributed by atoms with Gasteiger partial charge in [0.15, 0.2) is 0 Å². The van der Waals surface area contributed by atoms with Crippen molar-refractivity contribution in [2.75, 3.05) is 32.8 Å². The van der Waals surface area contributed by atoms with E-state index in [1.807, 2.05) is 6.92 Å². The normalized spacial score (nSPS) is 30.8. The number of piperidine rings is 1. The first kappa shape index (κ1) is 15.2. The zero-order valence-electron chi connectivity index (χ0n) is 11.6. The van der Waals surface area contributed by atoms with Gasteiger partial charge in [-0.15, -0.1) is 0 Å². The van der Waals surface area contributed by atoms with Crippen LogP contribution >= 0.6 is 0 Å². The smallest absolute Gasteiger partial charge is 0.279 e. The standard InChI is InChI=1S/C12H25N3O3S/c1-12(5-2-8-18-12)10-14-19(16,17)15-6-3-11(9-13)4-7-15/h11,14H,2-10,13H2,1H3. The quantitative estimate of drug-likeness (QED) is 0.750. The van der Waals surface area contributed by atoms with E-state index < -0.39 is 10.2 Å². The van der Waals surface area contributed by atoms with Gasteiger partial charge < -0.3 is 10.5 Å². The summed E-state index contributed by atoms with van der Waals surface area (Å²) in [4.78, 5) is 0. The van der Waals surface area contributed by atoms with Crippen LogP contribution in [0.3, 0.4) is 0 Å². The highest BCUT2D eigenvalue weighted by atomic mass is 32.2. The highest BCUT2D eigenvalue weighted by Gasteiger charge is 2.33. The van der Waals surface area contributed by atoms with E-state index in [1.165, 1.54) is 4.31 Å². The van der Waals surface area contributed by atoms with Gasteiger partial charge in [-0.3, -0.25) is 0 Å². The van der Waals surface area contributed by atoms with E-state index in [9.17, 15) is 8.42 Å². The molecule has 1 atom stereocenters. The topological polar surface area (TPSA) is 84.7 Å². The van der Waals surface area contributed by atoms with Gasteiger partial charge in [-0.25, -0.2) is 0 Å². The zero-order valence-corrected chi connectivity index (χ0v) is 12.4. The van der Waals surface area contributed by atoms with Crippen LogP contribution in [0.1, 0.15) is 32.6 Å². The molecule has 0 aliphatic carbocycles. The first-order chi connectivity index (χ1) is 8.95. The molecular weight excluding hydrogens is 266 g/mol. The number of hydrogen-bond acceptors (Lipinski definition) is 4. The van der Waals surface area contributed by atoms with Crippen molar-refractivity contribution < 1.29 is 13.2 Å². The summed E-state index contributed by atoms with van der Waals surface area (Å²) >= 11 is 0. The van der Waals surface area contributed by atoms with Gasteiger partial charge >= 0.3 is 0 Å². The molecular formula is C12H25N3O3S. The van der Waals surface area contributed by atoms with E-state index in [0.717, 1.165) is 32.3 Å². The Balaban J connectivity index is 1.85. The summed E-state index contributed by atoms with van der Waals surface area (Å²) < 4.78 is 34.2. The Morgan fingerprint density at radius 2 is 2.11 bits per heavy atom. The lowest BCUT2D eigenvalue weighted by Crippen LogP contribution is -2.49. The maximum atomic E-state index is 12.2. The first-order valence-corrected chi connectivity index (χ1v) is 8.48. The summed E-state index contributed by atoms with van der Waals surface area (Å²) in [6.07, 6.45) is 3.61. The van der Waals surface area contributed by atoms with E-state index in [0.29, 0.717) is 32.1 Å². The molecule has 7 heteroatoms. The van der Waals surface area contributed by atoms with Crippen molar-refractivity contribution in [1.82, 2.24) is 9.03 Å². The molecule has 2 heterocycles. The van der Waals surface area contributed by atoms with Gasteiger partial charge in [0.1, 0.15) is 0 Å². The molecule has 0 saturated carbocycles. The van der Waals surface area contributed by atoms with Gasteiger partial charge in [0.05, 0.1) is 5.60 Å². The molecule has 0 aromatic rings. The second-order valence-corrected chi connectivity index (χ2v) is 7.56. The lowest BCUT2D eigenvalue weighted by atomic mass is 9.99. The third-order valence-corrected chi connectivity index (χ3v) is 5.73. The molecule has 2 saturated heterocycles. The van der Waals surface area contributed by atoms with Crippen molar-refractivity contribution in [2.45, 2.75) is 38.2 Å². The molecule has 0 aromatic carbocycles. The molecule has 3 N–H and O–H groups in total. The monoisotopic (exact) mass is 291 g/mol. The average molecular weight is 291 g/mol. The maximum Gasteiger partial charge on any atom is 0.279 e. The average Bonchev–Trinajstić information content (AvgIpc) is 2.84. The van der Waals surface area contributed by atoms with Gasteiger partial charge in [-0.2, -0.15) is 17.4 Å².